The molecule has 24 heavy (non-hydrogen) atoms. The first kappa shape index (κ1) is 18.5. The van der Waals surface area contributed by atoms with Gasteiger partial charge >= 0.3 is 0 Å². The van der Waals surface area contributed by atoms with Crippen molar-refractivity contribution in [3.05, 3.63) is 44.9 Å². The second-order valence-corrected chi connectivity index (χ2v) is 6.90. The number of aryl methyl sites for hydroxylation is 1. The van der Waals surface area contributed by atoms with Crippen LogP contribution in [-0.2, 0) is 13.0 Å². The number of guanidine groups is 1. The Balaban J connectivity index is 1.89. The van der Waals surface area contributed by atoms with Gasteiger partial charge in [-0.15, -0.1) is 11.3 Å². The Morgan fingerprint density at radius 1 is 1.38 bits per heavy atom. The van der Waals surface area contributed by atoms with Gasteiger partial charge in [-0.3, -0.25) is 0 Å². The lowest BCUT2D eigenvalue weighted by Gasteiger charge is -2.12. The standard InChI is InChI=1S/C17H23ClN4OS/c1-4-19-17(22-11-15-10-21-12(2)24-15)20-8-7-13-5-6-14(23-3)9-16(13)18/h5-6,9-10H,4,7-8,11H2,1-3H3,(H2,19,20,22). The van der Waals surface area contributed by atoms with Crippen LogP contribution >= 0.6 is 22.9 Å². The summed E-state index contributed by atoms with van der Waals surface area (Å²) in [5.41, 5.74) is 1.08. The Bertz CT molecular complexity index is 687. The van der Waals surface area contributed by atoms with Gasteiger partial charge in [0.1, 0.15) is 5.75 Å². The van der Waals surface area contributed by atoms with Crippen molar-refractivity contribution >= 4 is 28.9 Å². The molecule has 0 fully saturated rings. The maximum atomic E-state index is 6.27. The number of rotatable bonds is 7. The third kappa shape index (κ3) is 5.69. The summed E-state index contributed by atoms with van der Waals surface area (Å²) in [5.74, 6) is 1.57. The lowest BCUT2D eigenvalue weighted by Crippen LogP contribution is -2.38. The SMILES string of the molecule is CCNC(=NCc1cnc(C)s1)NCCc1ccc(OC)cc1Cl. The molecule has 0 aliphatic rings. The Kier molecular flexibility index (Phi) is 7.34. The molecule has 2 N–H and O–H groups in total. The molecule has 0 bridgehead atoms. The zero-order chi connectivity index (χ0) is 17.4. The maximum Gasteiger partial charge on any atom is 0.191 e. The van der Waals surface area contributed by atoms with Crippen LogP contribution in [0.3, 0.4) is 0 Å². The molecule has 0 spiro atoms. The highest BCUT2D eigenvalue weighted by atomic mass is 35.5. The molecule has 0 amide bonds. The van der Waals surface area contributed by atoms with Crippen molar-refractivity contribution in [2.75, 3.05) is 20.2 Å². The summed E-state index contributed by atoms with van der Waals surface area (Å²) in [5, 5.41) is 8.37. The van der Waals surface area contributed by atoms with E-state index in [1.165, 1.54) is 0 Å². The highest BCUT2D eigenvalue weighted by molar-refractivity contribution is 7.11. The van der Waals surface area contributed by atoms with Crippen molar-refractivity contribution in [2.45, 2.75) is 26.8 Å². The van der Waals surface area contributed by atoms with E-state index < -0.39 is 0 Å². The summed E-state index contributed by atoms with van der Waals surface area (Å²) in [6.45, 7) is 6.24. The summed E-state index contributed by atoms with van der Waals surface area (Å²) >= 11 is 7.94. The Morgan fingerprint density at radius 2 is 2.21 bits per heavy atom. The lowest BCUT2D eigenvalue weighted by atomic mass is 10.1. The van der Waals surface area contributed by atoms with Crippen LogP contribution in [0.15, 0.2) is 29.4 Å². The van der Waals surface area contributed by atoms with E-state index in [0.717, 1.165) is 51.7 Å². The van der Waals surface area contributed by atoms with Gasteiger partial charge < -0.3 is 15.4 Å². The van der Waals surface area contributed by atoms with Crippen molar-refractivity contribution in [3.8, 4) is 5.75 Å². The normalized spacial score (nSPS) is 11.4. The molecule has 0 aliphatic heterocycles. The molecular weight excluding hydrogens is 344 g/mol. The number of methoxy groups -OCH3 is 1. The van der Waals surface area contributed by atoms with Crippen LogP contribution in [0.4, 0.5) is 0 Å². The Hall–Kier alpha value is -1.79. The quantitative estimate of drug-likeness (QED) is 0.582. The molecule has 1 aromatic heterocycles. The molecule has 0 aliphatic carbocycles. The summed E-state index contributed by atoms with van der Waals surface area (Å²) < 4.78 is 5.17. The fraction of sp³-hybridized carbons (Fsp3) is 0.412. The number of benzene rings is 1. The van der Waals surface area contributed by atoms with Gasteiger partial charge in [0.15, 0.2) is 5.96 Å². The molecule has 1 heterocycles. The number of nitrogens with one attached hydrogen (secondary N) is 2. The van der Waals surface area contributed by atoms with E-state index in [4.69, 9.17) is 16.3 Å². The van der Waals surface area contributed by atoms with E-state index in [1.54, 1.807) is 18.4 Å². The fourth-order valence-corrected chi connectivity index (χ4v) is 3.13. The molecule has 0 radical (unpaired) electrons. The highest BCUT2D eigenvalue weighted by Crippen LogP contribution is 2.22. The van der Waals surface area contributed by atoms with Crippen LogP contribution in [0.2, 0.25) is 5.02 Å². The van der Waals surface area contributed by atoms with Crippen molar-refractivity contribution in [1.82, 2.24) is 15.6 Å². The first-order chi connectivity index (χ1) is 11.6. The van der Waals surface area contributed by atoms with Gasteiger partial charge in [-0.05, 0) is 38.0 Å². The van der Waals surface area contributed by atoms with E-state index in [2.05, 4.69) is 20.6 Å². The fourth-order valence-electron chi connectivity index (χ4n) is 2.15. The maximum absolute atomic E-state index is 6.27. The molecule has 130 valence electrons. The van der Waals surface area contributed by atoms with Crippen LogP contribution in [0.25, 0.3) is 0 Å². The molecule has 5 nitrogen and oxygen atoms in total. The van der Waals surface area contributed by atoms with Crippen LogP contribution in [0.1, 0.15) is 22.4 Å². The van der Waals surface area contributed by atoms with Crippen LogP contribution < -0.4 is 15.4 Å². The van der Waals surface area contributed by atoms with Gasteiger partial charge in [0.2, 0.25) is 0 Å². The minimum Gasteiger partial charge on any atom is -0.497 e. The zero-order valence-corrected chi connectivity index (χ0v) is 15.8. The van der Waals surface area contributed by atoms with Gasteiger partial charge in [0.25, 0.3) is 0 Å². The Labute approximate surface area is 152 Å². The van der Waals surface area contributed by atoms with Crippen molar-refractivity contribution in [3.63, 3.8) is 0 Å². The van der Waals surface area contributed by atoms with Gasteiger partial charge in [-0.2, -0.15) is 0 Å². The summed E-state index contributed by atoms with van der Waals surface area (Å²) in [7, 11) is 1.64. The molecule has 2 rings (SSSR count). The molecule has 1 aromatic carbocycles. The predicted molar refractivity (Wildman–Crippen MR) is 101 cm³/mol. The third-order valence-electron chi connectivity index (χ3n) is 3.35. The van der Waals surface area contributed by atoms with Crippen molar-refractivity contribution < 1.29 is 4.74 Å². The second-order valence-electron chi connectivity index (χ2n) is 5.17. The highest BCUT2D eigenvalue weighted by Gasteiger charge is 2.04. The number of ether oxygens (including phenoxy) is 1. The summed E-state index contributed by atoms with van der Waals surface area (Å²) in [6, 6.07) is 5.75. The number of halogens is 1. The summed E-state index contributed by atoms with van der Waals surface area (Å²) in [6.07, 6.45) is 2.69. The largest absolute Gasteiger partial charge is 0.497 e. The molecular formula is C17H23ClN4OS. The van der Waals surface area contributed by atoms with Crippen LogP contribution in [0.5, 0.6) is 5.75 Å². The van der Waals surface area contributed by atoms with Gasteiger partial charge in [-0.25, -0.2) is 9.98 Å². The molecule has 0 saturated carbocycles. The topological polar surface area (TPSA) is 58.5 Å². The molecule has 0 saturated heterocycles. The lowest BCUT2D eigenvalue weighted by molar-refractivity contribution is 0.414. The van der Waals surface area contributed by atoms with Gasteiger partial charge in [-0.1, -0.05) is 17.7 Å². The van der Waals surface area contributed by atoms with Crippen molar-refractivity contribution in [1.29, 1.82) is 0 Å². The molecule has 0 unspecified atom stereocenters. The van der Waals surface area contributed by atoms with E-state index in [-0.39, 0.29) is 0 Å². The number of hydrogen-bond acceptors (Lipinski definition) is 4. The minimum atomic E-state index is 0.629. The van der Waals surface area contributed by atoms with Gasteiger partial charge in [0.05, 0.1) is 18.7 Å². The van der Waals surface area contributed by atoms with E-state index in [9.17, 15) is 0 Å². The number of aliphatic imine (C=N–C) groups is 1. The van der Waals surface area contributed by atoms with E-state index in [1.807, 2.05) is 38.2 Å². The smallest absolute Gasteiger partial charge is 0.191 e. The number of hydrogen-bond donors (Lipinski definition) is 2. The number of thiazole rings is 1. The first-order valence-corrected chi connectivity index (χ1v) is 9.07. The monoisotopic (exact) mass is 366 g/mol. The van der Waals surface area contributed by atoms with Crippen molar-refractivity contribution in [2.24, 2.45) is 4.99 Å². The predicted octanol–water partition coefficient (Wildman–Crippen LogP) is 3.41. The third-order valence-corrected chi connectivity index (χ3v) is 4.60. The Morgan fingerprint density at radius 3 is 2.83 bits per heavy atom. The minimum absolute atomic E-state index is 0.629. The summed E-state index contributed by atoms with van der Waals surface area (Å²) in [4.78, 5) is 10.00. The second kappa shape index (κ2) is 9.49. The van der Waals surface area contributed by atoms with E-state index in [0.29, 0.717) is 6.54 Å². The van der Waals surface area contributed by atoms with Crippen LogP contribution in [-0.4, -0.2) is 31.1 Å². The van der Waals surface area contributed by atoms with E-state index >= 15 is 0 Å². The van der Waals surface area contributed by atoms with Gasteiger partial charge in [0, 0.05) is 29.2 Å². The zero-order valence-electron chi connectivity index (χ0n) is 14.2. The molecule has 0 atom stereocenters. The average Bonchev–Trinajstić information content (AvgIpc) is 2.99. The van der Waals surface area contributed by atoms with Crippen LogP contribution in [0, 0.1) is 6.92 Å². The average molecular weight is 367 g/mol. The molecule has 2 aromatic rings. The number of nitrogens with zero attached hydrogens (tertiary/aromatic N) is 2. The number of aromatic nitrogens is 1. The molecule has 7 heteroatoms. The first-order valence-electron chi connectivity index (χ1n) is 7.88.